The van der Waals surface area contributed by atoms with Gasteiger partial charge in [-0.05, 0) is 30.9 Å². The highest BCUT2D eigenvalue weighted by Crippen LogP contribution is 2.31. The largest absolute Gasteiger partial charge is 0.351 e. The number of nitrogens with one attached hydrogen (secondary N) is 1. The van der Waals surface area contributed by atoms with Gasteiger partial charge in [-0.3, -0.25) is 9.59 Å². The maximum absolute atomic E-state index is 12.7. The van der Waals surface area contributed by atoms with Gasteiger partial charge in [0.2, 0.25) is 11.6 Å². The van der Waals surface area contributed by atoms with Gasteiger partial charge in [-0.2, -0.15) is 0 Å². The van der Waals surface area contributed by atoms with E-state index in [1.54, 1.807) is 18.4 Å². The first-order valence-electron chi connectivity index (χ1n) is 6.74. The van der Waals surface area contributed by atoms with Gasteiger partial charge < -0.3 is 5.32 Å². The van der Waals surface area contributed by atoms with Gasteiger partial charge in [-0.1, -0.05) is 17.7 Å². The second-order valence-corrected chi connectivity index (χ2v) is 6.16. The number of aryl methyl sites for hydroxylation is 1. The van der Waals surface area contributed by atoms with E-state index in [-0.39, 0.29) is 28.7 Å². The number of fused-ring (bicyclic) bond motifs is 1. The van der Waals surface area contributed by atoms with Crippen LogP contribution in [0.25, 0.3) is 0 Å². The highest BCUT2D eigenvalue weighted by Gasteiger charge is 2.34. The van der Waals surface area contributed by atoms with Crippen LogP contribution in [-0.2, 0) is 0 Å². The average Bonchev–Trinajstić information content (AvgIpc) is 2.56. The summed E-state index contributed by atoms with van der Waals surface area (Å²) in [5.41, 5.74) is 1.95. The number of thioether (sulfide) groups is 1. The zero-order valence-electron chi connectivity index (χ0n) is 12.4. The molecule has 0 saturated heterocycles. The van der Waals surface area contributed by atoms with Crippen molar-refractivity contribution in [1.29, 1.82) is 0 Å². The standard InChI is InChI=1S/C16H12ClN3O2S/c1-8-3-4-9(17)7-10(8)20-13-14(21)11-12(19-6-5-18-11)15(22)16(13)23-2/h3-7,20H,1-2H3. The van der Waals surface area contributed by atoms with Crippen LogP contribution in [0.15, 0.2) is 41.2 Å². The van der Waals surface area contributed by atoms with Crippen molar-refractivity contribution in [3.63, 3.8) is 0 Å². The van der Waals surface area contributed by atoms with E-state index in [4.69, 9.17) is 11.6 Å². The highest BCUT2D eigenvalue weighted by atomic mass is 35.5. The first kappa shape index (κ1) is 15.7. The molecule has 116 valence electrons. The molecule has 0 bridgehead atoms. The van der Waals surface area contributed by atoms with Crippen molar-refractivity contribution in [2.45, 2.75) is 6.92 Å². The Kier molecular flexibility index (Phi) is 4.19. The predicted octanol–water partition coefficient (Wildman–Crippen LogP) is 3.50. The minimum Gasteiger partial charge on any atom is -0.351 e. The van der Waals surface area contributed by atoms with Gasteiger partial charge in [0.1, 0.15) is 17.1 Å². The zero-order chi connectivity index (χ0) is 16.6. The van der Waals surface area contributed by atoms with E-state index in [9.17, 15) is 9.59 Å². The Balaban J connectivity index is 2.11. The monoisotopic (exact) mass is 345 g/mol. The van der Waals surface area contributed by atoms with Gasteiger partial charge in [0.05, 0.1) is 4.91 Å². The van der Waals surface area contributed by atoms with Crippen LogP contribution in [0.1, 0.15) is 26.5 Å². The van der Waals surface area contributed by atoms with Crippen molar-refractivity contribution in [2.24, 2.45) is 0 Å². The minimum atomic E-state index is -0.351. The van der Waals surface area contributed by atoms with E-state index >= 15 is 0 Å². The smallest absolute Gasteiger partial charge is 0.231 e. The van der Waals surface area contributed by atoms with Crippen LogP contribution < -0.4 is 5.32 Å². The van der Waals surface area contributed by atoms with Crippen LogP contribution in [0.2, 0.25) is 5.02 Å². The number of hydrogen-bond donors (Lipinski definition) is 1. The number of nitrogens with zero attached hydrogens (tertiary/aromatic N) is 2. The number of rotatable bonds is 3. The molecule has 1 aliphatic carbocycles. The third-order valence-electron chi connectivity index (χ3n) is 3.45. The van der Waals surface area contributed by atoms with Crippen molar-refractivity contribution in [1.82, 2.24) is 9.97 Å². The van der Waals surface area contributed by atoms with Crippen LogP contribution in [-0.4, -0.2) is 27.8 Å². The lowest BCUT2D eigenvalue weighted by Gasteiger charge is -2.20. The number of halogens is 1. The number of allylic oxidation sites excluding steroid dienone is 2. The summed E-state index contributed by atoms with van der Waals surface area (Å²) in [4.78, 5) is 33.6. The fourth-order valence-electron chi connectivity index (χ4n) is 2.28. The number of carbonyl (C=O) groups is 2. The lowest BCUT2D eigenvalue weighted by atomic mass is 10.0. The molecule has 23 heavy (non-hydrogen) atoms. The number of aromatic nitrogens is 2. The van der Waals surface area contributed by atoms with Crippen molar-refractivity contribution in [3.05, 3.63) is 63.2 Å². The fraction of sp³-hybridized carbons (Fsp3) is 0.125. The molecule has 0 aliphatic heterocycles. The van der Waals surface area contributed by atoms with Crippen molar-refractivity contribution < 1.29 is 9.59 Å². The summed E-state index contributed by atoms with van der Waals surface area (Å²) in [5.74, 6) is -0.654. The van der Waals surface area contributed by atoms with E-state index in [1.807, 2.05) is 13.0 Å². The maximum Gasteiger partial charge on any atom is 0.231 e. The minimum absolute atomic E-state index is 0.0671. The van der Waals surface area contributed by atoms with Gasteiger partial charge in [-0.15, -0.1) is 11.8 Å². The SMILES string of the molecule is CSC1=C(Nc2cc(Cl)ccc2C)C(=O)c2nccnc2C1=O. The second-order valence-electron chi connectivity index (χ2n) is 4.90. The molecular formula is C16H12ClN3O2S. The molecule has 1 aromatic heterocycles. The van der Waals surface area contributed by atoms with E-state index < -0.39 is 0 Å². The van der Waals surface area contributed by atoms with Gasteiger partial charge in [0.15, 0.2) is 0 Å². The van der Waals surface area contributed by atoms with Crippen molar-refractivity contribution in [3.8, 4) is 0 Å². The summed E-state index contributed by atoms with van der Waals surface area (Å²) < 4.78 is 0. The van der Waals surface area contributed by atoms with Crippen molar-refractivity contribution in [2.75, 3.05) is 11.6 Å². The van der Waals surface area contributed by atoms with Crippen LogP contribution in [0.4, 0.5) is 5.69 Å². The van der Waals surface area contributed by atoms with Crippen molar-refractivity contribution >= 4 is 40.6 Å². The number of ketones is 2. The molecule has 1 aliphatic rings. The molecule has 0 unspecified atom stereocenters. The summed E-state index contributed by atoms with van der Waals surface area (Å²) in [6.45, 7) is 1.89. The second kappa shape index (κ2) is 6.14. The molecule has 2 aromatic rings. The molecule has 0 radical (unpaired) electrons. The summed E-state index contributed by atoms with van der Waals surface area (Å²) >= 11 is 7.22. The molecule has 0 fully saturated rings. The highest BCUT2D eigenvalue weighted by molar-refractivity contribution is 8.03. The number of carbonyl (C=O) groups excluding carboxylic acids is 2. The third kappa shape index (κ3) is 2.75. The molecule has 1 aromatic carbocycles. The summed E-state index contributed by atoms with van der Waals surface area (Å²) in [5, 5.41) is 3.59. The Morgan fingerprint density at radius 2 is 1.74 bits per heavy atom. The summed E-state index contributed by atoms with van der Waals surface area (Å²) in [6, 6.07) is 5.32. The van der Waals surface area contributed by atoms with E-state index in [1.165, 1.54) is 24.2 Å². The van der Waals surface area contributed by atoms with Gasteiger partial charge >= 0.3 is 0 Å². The Labute approximate surface area is 142 Å². The van der Waals surface area contributed by atoms with E-state index in [2.05, 4.69) is 15.3 Å². The van der Waals surface area contributed by atoms with Crippen LogP contribution in [0.5, 0.6) is 0 Å². The van der Waals surface area contributed by atoms with Gasteiger partial charge in [0, 0.05) is 23.1 Å². The molecule has 5 nitrogen and oxygen atoms in total. The van der Waals surface area contributed by atoms with E-state index in [0.717, 1.165) is 5.56 Å². The number of Topliss-reactive ketones (excluding diaryl/α,β-unsaturated/α-hetero) is 2. The fourth-order valence-corrected chi connectivity index (χ4v) is 3.09. The Hall–Kier alpha value is -2.18. The molecule has 0 atom stereocenters. The summed E-state index contributed by atoms with van der Waals surface area (Å²) in [7, 11) is 0. The van der Waals surface area contributed by atoms with Gasteiger partial charge in [0.25, 0.3) is 0 Å². The molecule has 3 rings (SSSR count). The number of benzene rings is 1. The quantitative estimate of drug-likeness (QED) is 0.917. The zero-order valence-corrected chi connectivity index (χ0v) is 14.0. The number of anilines is 1. The third-order valence-corrected chi connectivity index (χ3v) is 4.49. The van der Waals surface area contributed by atoms with Crippen LogP contribution >= 0.6 is 23.4 Å². The Morgan fingerprint density at radius 1 is 1.09 bits per heavy atom. The first-order valence-corrected chi connectivity index (χ1v) is 8.35. The molecule has 0 saturated carbocycles. The molecule has 7 heteroatoms. The molecular weight excluding hydrogens is 334 g/mol. The van der Waals surface area contributed by atoms with E-state index in [0.29, 0.717) is 15.6 Å². The lowest BCUT2D eigenvalue weighted by molar-refractivity contribution is 0.0975. The molecule has 0 spiro atoms. The Morgan fingerprint density at radius 3 is 2.39 bits per heavy atom. The number of hydrogen-bond acceptors (Lipinski definition) is 6. The average molecular weight is 346 g/mol. The first-order chi connectivity index (χ1) is 11.0. The molecule has 0 amide bonds. The topological polar surface area (TPSA) is 72.0 Å². The lowest BCUT2D eigenvalue weighted by Crippen LogP contribution is -2.27. The molecule has 1 N–H and O–H groups in total. The summed E-state index contributed by atoms with van der Waals surface area (Å²) in [6.07, 6.45) is 4.55. The maximum atomic E-state index is 12.7. The van der Waals surface area contributed by atoms with Crippen LogP contribution in [0.3, 0.4) is 0 Å². The normalized spacial score (nSPS) is 14.0. The van der Waals surface area contributed by atoms with Crippen LogP contribution in [0, 0.1) is 6.92 Å². The Bertz CT molecular complexity index is 864. The predicted molar refractivity (Wildman–Crippen MR) is 91.0 cm³/mol. The van der Waals surface area contributed by atoms with Gasteiger partial charge in [-0.25, -0.2) is 9.97 Å². The molecule has 1 heterocycles.